The van der Waals surface area contributed by atoms with E-state index in [-0.39, 0.29) is 30.7 Å². The van der Waals surface area contributed by atoms with Crippen molar-refractivity contribution in [2.45, 2.75) is 58.3 Å². The van der Waals surface area contributed by atoms with Crippen molar-refractivity contribution in [1.82, 2.24) is 10.2 Å². The Hall–Kier alpha value is -1.58. The van der Waals surface area contributed by atoms with Gasteiger partial charge in [0.1, 0.15) is 0 Å². The summed E-state index contributed by atoms with van der Waals surface area (Å²) in [7, 11) is 1.29. The summed E-state index contributed by atoms with van der Waals surface area (Å²) < 4.78 is 13.1. The number of aliphatic hydroxyl groups excluding tert-OH is 2. The summed E-state index contributed by atoms with van der Waals surface area (Å²) in [6.07, 6.45) is 11.2. The summed E-state index contributed by atoms with van der Waals surface area (Å²) in [5, 5.41) is 15.6. The van der Waals surface area contributed by atoms with Crippen LogP contribution in [0, 0.1) is 17.8 Å². The van der Waals surface area contributed by atoms with Gasteiger partial charge < -0.3 is 20.4 Å². The van der Waals surface area contributed by atoms with E-state index in [2.05, 4.69) is 16.3 Å². The number of unbranched alkanes of at least 4 members (excludes halogenated alkanes) is 4. The minimum atomic E-state index is -0.389. The molecule has 1 aliphatic heterocycles. The zero-order chi connectivity index (χ0) is 20.5. The van der Waals surface area contributed by atoms with Crippen LogP contribution in [0.15, 0.2) is 0 Å². The quantitative estimate of drug-likeness (QED) is 0.384. The Morgan fingerprint density at radius 2 is 2.00 bits per heavy atom. The maximum atomic E-state index is 12.0. The van der Waals surface area contributed by atoms with E-state index in [9.17, 15) is 14.7 Å². The third-order valence-corrected chi connectivity index (χ3v) is 4.11. The van der Waals surface area contributed by atoms with E-state index in [0.29, 0.717) is 32.5 Å². The monoisotopic (exact) mass is 357 g/mol. The first-order valence-electron chi connectivity index (χ1n) is 9.97. The fourth-order valence-electron chi connectivity index (χ4n) is 2.60. The fraction of sp³-hybridized carbons (Fsp3) is 0.789. The van der Waals surface area contributed by atoms with Crippen molar-refractivity contribution in [2.75, 3.05) is 33.4 Å². The van der Waals surface area contributed by atoms with Crippen LogP contribution in [0.5, 0.6) is 0 Å². The van der Waals surface area contributed by atoms with Crippen LogP contribution in [0.4, 0.5) is 0 Å². The molecule has 1 fully saturated rings. The van der Waals surface area contributed by atoms with E-state index in [1.807, 2.05) is 0 Å². The summed E-state index contributed by atoms with van der Waals surface area (Å²) in [6, 6.07) is 0. The smallest absolute Gasteiger partial charge is 0.222 e. The van der Waals surface area contributed by atoms with Crippen LogP contribution < -0.4 is 5.32 Å². The zero-order valence-corrected chi connectivity index (χ0v) is 15.4. The van der Waals surface area contributed by atoms with E-state index < -0.39 is 0 Å². The lowest BCUT2D eigenvalue weighted by atomic mass is 9.82. The lowest BCUT2D eigenvalue weighted by molar-refractivity contribution is -0.144. The van der Waals surface area contributed by atoms with Gasteiger partial charge in [-0.1, -0.05) is 13.3 Å². The van der Waals surface area contributed by atoms with Gasteiger partial charge in [-0.05, 0) is 25.7 Å². The SMILES string of the molecule is [2H]CC1(CO)CN(C(=O)CCCCCNC(=O)CCCCC#C)C1.[3H]OC. The highest BCUT2D eigenvalue weighted by Gasteiger charge is 2.40. The molecule has 1 heterocycles. The highest BCUT2D eigenvalue weighted by atomic mass is 16.3. The number of carbonyl (C=O) groups excluding carboxylic acids is 2. The number of aliphatic hydroxyl groups is 2. The molecule has 0 aromatic carbocycles. The fourth-order valence-corrected chi connectivity index (χ4v) is 2.60. The van der Waals surface area contributed by atoms with Gasteiger partial charge in [-0.3, -0.25) is 9.59 Å². The van der Waals surface area contributed by atoms with Gasteiger partial charge >= 0.3 is 0 Å². The van der Waals surface area contributed by atoms with Crippen LogP contribution in [0.3, 0.4) is 0 Å². The molecule has 1 rings (SSSR count). The Kier molecular flexibility index (Phi) is 10.8. The molecule has 3 N–H and O–H groups in total. The predicted molar refractivity (Wildman–Crippen MR) is 98.7 cm³/mol. The Balaban J connectivity index is 0.00000210. The summed E-state index contributed by atoms with van der Waals surface area (Å²) in [4.78, 5) is 25.2. The largest absolute Gasteiger partial charge is 0.400 e. The Labute approximate surface area is 154 Å². The molecule has 2 amide bonds. The number of nitrogens with zero attached hydrogens (tertiary/aromatic N) is 1. The number of rotatable bonds is 11. The van der Waals surface area contributed by atoms with Gasteiger partial charge in [0.15, 0.2) is 0 Å². The number of carbonyl (C=O) groups is 2. The molecule has 1 saturated heterocycles. The van der Waals surface area contributed by atoms with E-state index in [4.69, 9.17) is 9.23 Å². The van der Waals surface area contributed by atoms with Crippen molar-refractivity contribution in [3.8, 4) is 12.3 Å². The van der Waals surface area contributed by atoms with Gasteiger partial charge in [-0.15, -0.1) is 12.3 Å². The molecule has 25 heavy (non-hydrogen) atoms. The molecular weight excluding hydrogens is 320 g/mol. The third kappa shape index (κ3) is 10.1. The second kappa shape index (κ2) is 13.7. The molecule has 0 atom stereocenters. The highest BCUT2D eigenvalue weighted by molar-refractivity contribution is 5.77. The third-order valence-electron chi connectivity index (χ3n) is 4.11. The molecule has 0 spiro atoms. The first kappa shape index (κ1) is 19.7. The van der Waals surface area contributed by atoms with E-state index in [1.54, 1.807) is 4.90 Å². The van der Waals surface area contributed by atoms with Crippen molar-refractivity contribution >= 4 is 11.8 Å². The first-order valence-corrected chi connectivity index (χ1v) is 8.86. The molecule has 0 aliphatic carbocycles. The lowest BCUT2D eigenvalue weighted by Crippen LogP contribution is -2.58. The van der Waals surface area contributed by atoms with Crippen molar-refractivity contribution in [2.24, 2.45) is 5.41 Å². The maximum absolute atomic E-state index is 12.0. The molecule has 6 heteroatoms. The molecule has 0 radical (unpaired) electrons. The average Bonchev–Trinajstić information content (AvgIpc) is 2.62. The molecular formula is C19H34N2O4. The van der Waals surface area contributed by atoms with E-state index in [1.165, 1.54) is 7.11 Å². The van der Waals surface area contributed by atoms with Gasteiger partial charge in [0.05, 0.1) is 6.61 Å². The van der Waals surface area contributed by atoms with Crippen molar-refractivity contribution < 1.29 is 21.2 Å². The Morgan fingerprint density at radius 3 is 2.60 bits per heavy atom. The molecule has 0 aromatic heterocycles. The second-order valence-corrected chi connectivity index (χ2v) is 6.48. The standard InChI is InChI=1S/C18H30N2O3.CH4O/c1-3-4-5-7-10-16(22)19-12-9-6-8-11-17(23)20-13-18(2,14-20)15-21;1-2/h1,21H,4-15H2,2H3,(H,19,22);2H,1H3/i2D;2T. The van der Waals surface area contributed by atoms with Crippen LogP contribution >= 0.6 is 0 Å². The topological polar surface area (TPSA) is 89.9 Å². The molecule has 144 valence electrons. The van der Waals surface area contributed by atoms with Gasteiger partial charge in [-0.2, -0.15) is 0 Å². The molecule has 0 saturated carbocycles. The van der Waals surface area contributed by atoms with Crippen molar-refractivity contribution in [3.63, 3.8) is 0 Å². The van der Waals surface area contributed by atoms with Gasteiger partial charge in [0.25, 0.3) is 0 Å². The maximum Gasteiger partial charge on any atom is 0.222 e. The molecule has 6 nitrogen and oxygen atoms in total. The van der Waals surface area contributed by atoms with Gasteiger partial charge in [0, 0.05) is 52.8 Å². The summed E-state index contributed by atoms with van der Waals surface area (Å²) >= 11 is 0. The number of hydrogen-bond donors (Lipinski definition) is 3. The lowest BCUT2D eigenvalue weighted by Gasteiger charge is -2.47. The minimum absolute atomic E-state index is 0.0251. The van der Waals surface area contributed by atoms with E-state index >= 15 is 0 Å². The Bertz CT molecular complexity index is 457. The molecule has 0 bridgehead atoms. The predicted octanol–water partition coefficient (Wildman–Crippen LogP) is 1.31. The summed E-state index contributed by atoms with van der Waals surface area (Å²) in [5.41, 5.74) is -0.389. The van der Waals surface area contributed by atoms with Gasteiger partial charge in [0.2, 0.25) is 13.2 Å². The van der Waals surface area contributed by atoms with Crippen LogP contribution in [0.2, 0.25) is 0 Å². The van der Waals surface area contributed by atoms with Crippen molar-refractivity contribution in [3.05, 3.63) is 0 Å². The molecule has 0 unspecified atom stereocenters. The average molecular weight is 358 g/mol. The number of nitrogens with one attached hydrogen (secondary N) is 1. The van der Waals surface area contributed by atoms with Crippen molar-refractivity contribution in [1.29, 1.82) is 1.43 Å². The van der Waals surface area contributed by atoms with E-state index in [0.717, 1.165) is 38.5 Å². The van der Waals surface area contributed by atoms with Crippen LogP contribution in [-0.2, 0) is 9.59 Å². The number of amides is 2. The number of likely N-dealkylation sites (tertiary alicyclic amines) is 1. The number of terminal acetylenes is 1. The summed E-state index contributed by atoms with van der Waals surface area (Å²) in [6.45, 7) is 1.79. The van der Waals surface area contributed by atoms with Crippen LogP contribution in [0.25, 0.3) is 0 Å². The van der Waals surface area contributed by atoms with Crippen LogP contribution in [0.1, 0.15) is 59.6 Å². The first-order chi connectivity index (χ1) is 13.0. The zero-order valence-electron chi connectivity index (χ0n) is 17.4. The molecule has 1 aliphatic rings. The molecule has 0 aromatic rings. The Morgan fingerprint density at radius 1 is 1.32 bits per heavy atom. The van der Waals surface area contributed by atoms with Gasteiger partial charge in [-0.25, -0.2) is 0 Å². The minimum Gasteiger partial charge on any atom is -0.400 e. The number of hydrogen-bond acceptors (Lipinski definition) is 4. The normalized spacial score (nSPS) is 15.6. The highest BCUT2D eigenvalue weighted by Crippen LogP contribution is 2.29. The second-order valence-electron chi connectivity index (χ2n) is 6.48. The summed E-state index contributed by atoms with van der Waals surface area (Å²) in [5.74, 6) is 2.73. The van der Waals surface area contributed by atoms with Crippen LogP contribution in [-0.4, -0.2) is 61.7 Å².